The van der Waals surface area contributed by atoms with Gasteiger partial charge in [0.25, 0.3) is 0 Å². The number of hydrogen-bond acceptors (Lipinski definition) is 4. The lowest BCUT2D eigenvalue weighted by Gasteiger charge is -2.44. The van der Waals surface area contributed by atoms with Crippen LogP contribution in [0.2, 0.25) is 0 Å². The number of aromatic hydroxyl groups is 2. The highest BCUT2D eigenvalue weighted by atomic mass is 19.1. The van der Waals surface area contributed by atoms with E-state index in [4.69, 9.17) is 0 Å². The SMILES string of the molecule is C[C@H]1CN(CCC(C(=O)NCc2cc(O)cc(O)c2)c2ccc(F)cc2)CCC12C=Cc1ccccc12. The fourth-order valence-corrected chi connectivity index (χ4v) is 6.00. The quantitative estimate of drug-likeness (QED) is 0.410. The Hall–Kier alpha value is -3.64. The second-order valence-corrected chi connectivity index (χ2v) is 10.4. The van der Waals surface area contributed by atoms with Gasteiger partial charge >= 0.3 is 0 Å². The number of piperidine rings is 1. The molecule has 1 aliphatic heterocycles. The Kier molecular flexibility index (Phi) is 7.02. The van der Waals surface area contributed by atoms with Crippen molar-refractivity contribution in [1.82, 2.24) is 10.2 Å². The van der Waals surface area contributed by atoms with Gasteiger partial charge in [0.15, 0.2) is 0 Å². The molecule has 2 unspecified atom stereocenters. The van der Waals surface area contributed by atoms with E-state index in [2.05, 4.69) is 53.6 Å². The maximum Gasteiger partial charge on any atom is 0.227 e. The molecule has 0 aromatic heterocycles. The van der Waals surface area contributed by atoms with Crippen LogP contribution in [0.5, 0.6) is 11.5 Å². The molecule has 6 heteroatoms. The number of phenols is 2. The minimum atomic E-state index is -0.440. The van der Waals surface area contributed by atoms with Gasteiger partial charge in [-0.15, -0.1) is 0 Å². The summed E-state index contributed by atoms with van der Waals surface area (Å²) in [6.45, 7) is 5.14. The van der Waals surface area contributed by atoms with E-state index in [1.54, 1.807) is 12.1 Å². The molecule has 3 N–H and O–H groups in total. The Bertz CT molecular complexity index is 1290. The molecule has 1 saturated heterocycles. The number of fused-ring (bicyclic) bond motifs is 2. The summed E-state index contributed by atoms with van der Waals surface area (Å²) in [4.78, 5) is 15.7. The molecule has 1 spiro atoms. The van der Waals surface area contributed by atoms with Crippen LogP contribution in [0.25, 0.3) is 6.08 Å². The van der Waals surface area contributed by atoms with Crippen LogP contribution < -0.4 is 5.32 Å². The first-order chi connectivity index (χ1) is 17.8. The molecule has 1 heterocycles. The van der Waals surface area contributed by atoms with E-state index < -0.39 is 5.92 Å². The summed E-state index contributed by atoms with van der Waals surface area (Å²) in [6.07, 6.45) is 6.28. The third-order valence-corrected chi connectivity index (χ3v) is 8.03. The maximum atomic E-state index is 13.6. The van der Waals surface area contributed by atoms with Crippen LogP contribution in [0.15, 0.2) is 72.8 Å². The minimum absolute atomic E-state index is 0.0592. The maximum absolute atomic E-state index is 13.6. The zero-order valence-corrected chi connectivity index (χ0v) is 21.0. The molecule has 1 aliphatic carbocycles. The van der Waals surface area contributed by atoms with Crippen LogP contribution >= 0.6 is 0 Å². The van der Waals surface area contributed by atoms with Crippen molar-refractivity contribution >= 4 is 12.0 Å². The highest BCUT2D eigenvalue weighted by Gasteiger charge is 2.43. The molecule has 5 nitrogen and oxygen atoms in total. The Morgan fingerprint density at radius 1 is 1.11 bits per heavy atom. The number of halogens is 1. The van der Waals surface area contributed by atoms with Gasteiger partial charge in [0.05, 0.1) is 5.92 Å². The second-order valence-electron chi connectivity index (χ2n) is 10.4. The molecule has 192 valence electrons. The van der Waals surface area contributed by atoms with Crippen LogP contribution in [0, 0.1) is 11.7 Å². The lowest BCUT2D eigenvalue weighted by molar-refractivity contribution is -0.123. The molecule has 2 aliphatic rings. The summed E-state index contributed by atoms with van der Waals surface area (Å²) in [5, 5.41) is 22.4. The smallest absolute Gasteiger partial charge is 0.227 e. The fourth-order valence-electron chi connectivity index (χ4n) is 6.00. The largest absolute Gasteiger partial charge is 0.508 e. The Morgan fingerprint density at radius 2 is 1.84 bits per heavy atom. The van der Waals surface area contributed by atoms with Crippen LogP contribution in [0.1, 0.15) is 47.9 Å². The van der Waals surface area contributed by atoms with Gasteiger partial charge < -0.3 is 20.4 Å². The average Bonchev–Trinajstić information content (AvgIpc) is 3.25. The Morgan fingerprint density at radius 3 is 2.57 bits per heavy atom. The molecule has 5 rings (SSSR count). The fraction of sp³-hybridized carbons (Fsp3) is 0.323. The van der Waals surface area contributed by atoms with E-state index >= 15 is 0 Å². The summed E-state index contributed by atoms with van der Waals surface area (Å²) in [5.41, 5.74) is 4.18. The average molecular weight is 501 g/mol. The zero-order valence-electron chi connectivity index (χ0n) is 21.0. The summed E-state index contributed by atoms with van der Waals surface area (Å²) < 4.78 is 13.6. The highest BCUT2D eigenvalue weighted by molar-refractivity contribution is 5.83. The number of phenolic OH excluding ortho intramolecular Hbond substituents is 2. The number of amides is 1. The van der Waals surface area contributed by atoms with E-state index in [-0.39, 0.29) is 35.2 Å². The lowest BCUT2D eigenvalue weighted by Crippen LogP contribution is -2.48. The molecule has 37 heavy (non-hydrogen) atoms. The van der Waals surface area contributed by atoms with E-state index in [0.717, 1.165) is 31.6 Å². The first-order valence-electron chi connectivity index (χ1n) is 12.9. The number of nitrogens with one attached hydrogen (secondary N) is 1. The second kappa shape index (κ2) is 10.4. The first kappa shape index (κ1) is 25.0. The number of benzene rings is 3. The van der Waals surface area contributed by atoms with Crippen LogP contribution in [0.3, 0.4) is 0 Å². The predicted molar refractivity (Wildman–Crippen MR) is 143 cm³/mol. The standard InChI is InChI=1S/C31H33FN2O3/c1-21-20-34(15-13-31(21)12-10-24-4-2-3-5-29(24)31)14-11-28(23-6-8-25(32)9-7-23)30(37)33-19-22-16-26(35)18-27(36)17-22/h2-10,12,16-18,21,28,35-36H,11,13-15,19-20H2,1H3,(H,33,37)/t21-,28?,31?/m0/s1. The number of carbonyl (C=O) groups excluding carboxylic acids is 1. The van der Waals surface area contributed by atoms with E-state index in [1.165, 1.54) is 41.5 Å². The normalized spacial score (nSPS) is 21.6. The summed E-state index contributed by atoms with van der Waals surface area (Å²) in [6, 6.07) is 19.0. The Labute approximate surface area is 217 Å². The molecule has 3 aromatic carbocycles. The number of likely N-dealkylation sites (tertiary alicyclic amines) is 1. The Balaban J connectivity index is 1.25. The number of hydrogen-bond donors (Lipinski definition) is 3. The highest BCUT2D eigenvalue weighted by Crippen LogP contribution is 2.46. The molecule has 0 saturated carbocycles. The van der Waals surface area contributed by atoms with Gasteiger partial charge in [-0.3, -0.25) is 4.79 Å². The molecule has 0 radical (unpaired) electrons. The van der Waals surface area contributed by atoms with E-state index in [0.29, 0.717) is 17.9 Å². The summed E-state index contributed by atoms with van der Waals surface area (Å²) in [5.74, 6) is -0.614. The van der Waals surface area contributed by atoms with Gasteiger partial charge in [-0.05, 0) is 78.4 Å². The minimum Gasteiger partial charge on any atom is -0.508 e. The van der Waals surface area contributed by atoms with Crippen LogP contribution in [0.4, 0.5) is 4.39 Å². The number of allylic oxidation sites excluding steroid dienone is 1. The van der Waals surface area contributed by atoms with Crippen molar-refractivity contribution in [1.29, 1.82) is 0 Å². The monoisotopic (exact) mass is 500 g/mol. The number of carbonyl (C=O) groups is 1. The van der Waals surface area contributed by atoms with Crippen molar-refractivity contribution in [3.05, 3.63) is 101 Å². The van der Waals surface area contributed by atoms with Crippen molar-refractivity contribution in [2.45, 2.75) is 37.6 Å². The van der Waals surface area contributed by atoms with Crippen molar-refractivity contribution in [2.75, 3.05) is 19.6 Å². The number of nitrogens with zero attached hydrogens (tertiary/aromatic N) is 1. The lowest BCUT2D eigenvalue weighted by atomic mass is 9.68. The topological polar surface area (TPSA) is 72.8 Å². The van der Waals surface area contributed by atoms with Crippen molar-refractivity contribution in [3.8, 4) is 11.5 Å². The molecule has 1 fully saturated rings. The van der Waals surface area contributed by atoms with Gasteiger partial charge in [-0.1, -0.05) is 55.5 Å². The first-order valence-corrected chi connectivity index (χ1v) is 12.9. The molecule has 0 bridgehead atoms. The molecular formula is C31H33FN2O3. The zero-order chi connectivity index (χ0) is 26.0. The van der Waals surface area contributed by atoms with Gasteiger partial charge in [-0.2, -0.15) is 0 Å². The molecule has 1 amide bonds. The van der Waals surface area contributed by atoms with Gasteiger partial charge in [-0.25, -0.2) is 4.39 Å². The van der Waals surface area contributed by atoms with E-state index in [1.807, 2.05) is 0 Å². The molecule has 3 aromatic rings. The van der Waals surface area contributed by atoms with Crippen LogP contribution in [-0.2, 0) is 16.8 Å². The molecular weight excluding hydrogens is 467 g/mol. The van der Waals surface area contributed by atoms with Gasteiger partial charge in [0.1, 0.15) is 17.3 Å². The van der Waals surface area contributed by atoms with E-state index in [9.17, 15) is 19.4 Å². The third-order valence-electron chi connectivity index (χ3n) is 8.03. The van der Waals surface area contributed by atoms with Crippen LogP contribution in [-0.4, -0.2) is 40.7 Å². The van der Waals surface area contributed by atoms with Crippen molar-refractivity contribution in [3.63, 3.8) is 0 Å². The summed E-state index contributed by atoms with van der Waals surface area (Å²) in [7, 11) is 0. The summed E-state index contributed by atoms with van der Waals surface area (Å²) >= 11 is 0. The van der Waals surface area contributed by atoms with Gasteiger partial charge in [0, 0.05) is 24.6 Å². The van der Waals surface area contributed by atoms with Gasteiger partial charge in [0.2, 0.25) is 5.91 Å². The van der Waals surface area contributed by atoms with Crippen molar-refractivity contribution in [2.24, 2.45) is 5.92 Å². The van der Waals surface area contributed by atoms with Crippen molar-refractivity contribution < 1.29 is 19.4 Å². The predicted octanol–water partition coefficient (Wildman–Crippen LogP) is 5.33. The molecule has 3 atom stereocenters. The number of rotatable bonds is 7. The third kappa shape index (κ3) is 5.25.